The molecule has 2 aromatic carbocycles. The molecule has 3 rings (SSSR count). The number of benzene rings is 2. The van der Waals surface area contributed by atoms with Gasteiger partial charge < -0.3 is 65.3 Å². The molecule has 21 nitrogen and oxygen atoms in total. The first-order valence-electron chi connectivity index (χ1n) is 19.3. The van der Waals surface area contributed by atoms with Crippen LogP contribution in [0.25, 0.3) is 10.9 Å². The molecule has 7 amide bonds. The number of nitrogens with two attached hydrogens (primary N) is 5. The SMILES string of the molecule is NC(=O)CC[C@H](NC(=O)[C@H](Cc1c[nH]c2ccccc12)NC(=O)[C@H](CCC(N)=O)NC(=O)[C@H](Cc1ccccc1)NC(=O)[C@@H](N)CS)C(=O)N[C@@H](CCCN=C(N)N)C(=O)O. The molecule has 1 aromatic heterocycles. The number of rotatable bonds is 26. The Morgan fingerprint density at radius 1 is 0.639 bits per heavy atom. The van der Waals surface area contributed by atoms with E-state index in [1.165, 1.54) is 0 Å². The number of nitrogens with one attached hydrogen (secondary N) is 6. The number of aromatic amines is 1. The van der Waals surface area contributed by atoms with Gasteiger partial charge in [0.05, 0.1) is 6.04 Å². The minimum absolute atomic E-state index is 0.0127. The van der Waals surface area contributed by atoms with Gasteiger partial charge in [-0.2, -0.15) is 12.6 Å². The summed E-state index contributed by atoms with van der Waals surface area (Å²) in [6, 6.07) is 7.56. The average molecular weight is 867 g/mol. The van der Waals surface area contributed by atoms with E-state index in [4.69, 9.17) is 28.7 Å². The Labute approximate surface area is 356 Å². The highest BCUT2D eigenvalue weighted by Crippen LogP contribution is 2.20. The van der Waals surface area contributed by atoms with Crippen molar-refractivity contribution in [2.75, 3.05) is 12.3 Å². The van der Waals surface area contributed by atoms with Gasteiger partial charge in [0.2, 0.25) is 41.4 Å². The van der Waals surface area contributed by atoms with Crippen molar-refractivity contribution in [2.24, 2.45) is 33.7 Å². The molecule has 0 aliphatic carbocycles. The summed E-state index contributed by atoms with van der Waals surface area (Å²) in [7, 11) is 0. The van der Waals surface area contributed by atoms with Gasteiger partial charge in [-0.15, -0.1) is 0 Å². The van der Waals surface area contributed by atoms with Gasteiger partial charge in [0.1, 0.15) is 30.2 Å². The molecule has 3 aromatic rings. The van der Waals surface area contributed by atoms with Crippen LogP contribution in [0.4, 0.5) is 0 Å². The quantitative estimate of drug-likeness (QED) is 0.0170. The fraction of sp³-hybridized carbons (Fsp3) is 0.410. The predicted octanol–water partition coefficient (Wildman–Crippen LogP) is -2.70. The maximum absolute atomic E-state index is 14.2. The molecule has 0 spiro atoms. The van der Waals surface area contributed by atoms with Gasteiger partial charge in [-0.3, -0.25) is 38.6 Å². The summed E-state index contributed by atoms with van der Waals surface area (Å²) in [6.45, 7) is 0.0759. The lowest BCUT2D eigenvalue weighted by Crippen LogP contribution is -2.60. The predicted molar refractivity (Wildman–Crippen MR) is 228 cm³/mol. The Morgan fingerprint density at radius 3 is 1.67 bits per heavy atom. The third kappa shape index (κ3) is 16.5. The highest BCUT2D eigenvalue weighted by atomic mass is 32.1. The number of aliphatic imine (C=N–C) groups is 1. The summed E-state index contributed by atoms with van der Waals surface area (Å²) in [5.74, 6) is -7.56. The van der Waals surface area contributed by atoms with Crippen LogP contribution in [0.3, 0.4) is 0 Å². The fourth-order valence-electron chi connectivity index (χ4n) is 6.11. The highest BCUT2D eigenvalue weighted by Gasteiger charge is 2.34. The summed E-state index contributed by atoms with van der Waals surface area (Å²) >= 11 is 4.06. The van der Waals surface area contributed by atoms with Crippen molar-refractivity contribution in [2.45, 2.75) is 87.6 Å². The number of hydrogen-bond acceptors (Lipinski definition) is 11. The van der Waals surface area contributed by atoms with Crippen molar-refractivity contribution in [3.05, 3.63) is 71.9 Å². The van der Waals surface area contributed by atoms with E-state index in [1.807, 2.05) is 0 Å². The van der Waals surface area contributed by atoms with Gasteiger partial charge in [0.25, 0.3) is 0 Å². The number of carboxylic acid groups (broad SMARTS) is 1. The van der Waals surface area contributed by atoms with Gasteiger partial charge in [-0.25, -0.2) is 4.79 Å². The second-order valence-electron chi connectivity index (χ2n) is 14.1. The Balaban J connectivity index is 1.96. The normalized spacial score (nSPS) is 13.9. The monoisotopic (exact) mass is 866 g/mol. The number of fused-ring (bicyclic) bond motifs is 1. The topological polar surface area (TPSA) is 375 Å². The molecule has 330 valence electrons. The maximum Gasteiger partial charge on any atom is 0.326 e. The zero-order valence-corrected chi connectivity index (χ0v) is 34.2. The number of H-pyrrole nitrogens is 1. The minimum atomic E-state index is -1.52. The number of primary amides is 2. The molecule has 1 heterocycles. The van der Waals surface area contributed by atoms with Gasteiger partial charge in [-0.1, -0.05) is 48.5 Å². The van der Waals surface area contributed by atoms with Gasteiger partial charge in [0.15, 0.2) is 5.96 Å². The van der Waals surface area contributed by atoms with Crippen molar-refractivity contribution in [3.8, 4) is 0 Å². The first kappa shape index (κ1) is 48.7. The fourth-order valence-corrected chi connectivity index (χ4v) is 6.28. The van der Waals surface area contributed by atoms with E-state index in [9.17, 15) is 43.5 Å². The van der Waals surface area contributed by atoms with Crippen LogP contribution in [-0.2, 0) is 51.2 Å². The zero-order valence-electron chi connectivity index (χ0n) is 33.3. The lowest BCUT2D eigenvalue weighted by Gasteiger charge is -2.27. The molecule has 0 aliphatic heterocycles. The number of thiol groups is 1. The van der Waals surface area contributed by atoms with Crippen LogP contribution in [0.5, 0.6) is 0 Å². The molecule has 0 unspecified atom stereocenters. The number of carboxylic acids is 1. The number of para-hydroxylation sites is 1. The van der Waals surface area contributed by atoms with E-state index in [-0.39, 0.29) is 69.6 Å². The van der Waals surface area contributed by atoms with Crippen molar-refractivity contribution >= 4 is 76.8 Å². The molecule has 0 radical (unpaired) electrons. The van der Waals surface area contributed by atoms with Crippen molar-refractivity contribution in [1.29, 1.82) is 0 Å². The number of carbonyl (C=O) groups is 8. The highest BCUT2D eigenvalue weighted by molar-refractivity contribution is 7.80. The number of guanidine groups is 1. The summed E-state index contributed by atoms with van der Waals surface area (Å²) in [5.41, 5.74) is 29.2. The van der Waals surface area contributed by atoms with E-state index < -0.39 is 83.6 Å². The average Bonchev–Trinajstić information content (AvgIpc) is 3.63. The molecule has 0 fully saturated rings. The molecule has 0 bridgehead atoms. The lowest BCUT2D eigenvalue weighted by molar-refractivity contribution is -0.142. The number of aromatic nitrogens is 1. The second-order valence-corrected chi connectivity index (χ2v) is 14.5. The van der Waals surface area contributed by atoms with E-state index in [1.54, 1.807) is 60.8 Å². The van der Waals surface area contributed by atoms with Crippen LogP contribution in [0.15, 0.2) is 65.8 Å². The van der Waals surface area contributed by atoms with E-state index in [0.717, 1.165) is 0 Å². The summed E-state index contributed by atoms with van der Waals surface area (Å²) in [5, 5.41) is 23.2. The van der Waals surface area contributed by atoms with Crippen LogP contribution in [-0.4, -0.2) is 112 Å². The standard InChI is InChI=1S/C39H54N12O9S/c40-24(20-61)33(54)50-29(17-21-7-2-1-3-8-21)36(57)47-27(13-15-32(42)53)35(56)51-30(18-22-19-46-25-10-5-4-9-23(22)25)37(58)48-26(12-14-31(41)52)34(55)49-28(38(59)60)11-6-16-45-39(43)44/h1-5,7-10,19,24,26-30,46,61H,6,11-18,20,40H2,(H2,41,52)(H2,42,53)(H,47,57)(H,48,58)(H,49,55)(H,50,54)(H,51,56)(H,59,60)(H4,43,44,45)/t24-,26-,27-,28-,29-,30-/m0/s1. The largest absolute Gasteiger partial charge is 0.480 e. The first-order chi connectivity index (χ1) is 29.0. The summed E-state index contributed by atoms with van der Waals surface area (Å²) in [4.78, 5) is 111. The number of hydrogen-bond donors (Lipinski definition) is 13. The van der Waals surface area contributed by atoms with E-state index in [0.29, 0.717) is 22.0 Å². The molecule has 0 saturated heterocycles. The molecule has 22 heteroatoms. The lowest BCUT2D eigenvalue weighted by atomic mass is 10.0. The number of aliphatic carboxylic acids is 1. The third-order valence-corrected chi connectivity index (χ3v) is 9.76. The molecule has 0 saturated carbocycles. The Kier molecular flexibility index (Phi) is 19.5. The molecular weight excluding hydrogens is 813 g/mol. The molecule has 17 N–H and O–H groups in total. The van der Waals surface area contributed by atoms with E-state index >= 15 is 0 Å². The smallest absolute Gasteiger partial charge is 0.326 e. The molecular formula is C39H54N12O9S. The van der Waals surface area contributed by atoms with Crippen LogP contribution >= 0.6 is 12.6 Å². The third-order valence-electron chi connectivity index (χ3n) is 9.37. The van der Waals surface area contributed by atoms with Crippen molar-refractivity contribution in [1.82, 2.24) is 31.6 Å². The number of amides is 7. The van der Waals surface area contributed by atoms with Crippen molar-refractivity contribution < 1.29 is 43.5 Å². The van der Waals surface area contributed by atoms with Crippen LogP contribution in [0.1, 0.15) is 49.7 Å². The zero-order chi connectivity index (χ0) is 45.1. The summed E-state index contributed by atoms with van der Waals surface area (Å²) < 4.78 is 0. The Bertz CT molecular complexity index is 2040. The van der Waals surface area contributed by atoms with Crippen LogP contribution in [0, 0.1) is 0 Å². The summed E-state index contributed by atoms with van der Waals surface area (Å²) in [6.07, 6.45) is 0.0771. The molecule has 0 aliphatic rings. The minimum Gasteiger partial charge on any atom is -0.480 e. The van der Waals surface area contributed by atoms with E-state index in [2.05, 4.69) is 49.2 Å². The first-order valence-corrected chi connectivity index (χ1v) is 19.9. The number of nitrogens with zero attached hydrogens (tertiary/aromatic N) is 1. The maximum atomic E-state index is 14.2. The van der Waals surface area contributed by atoms with Crippen LogP contribution < -0.4 is 55.3 Å². The Morgan fingerprint density at radius 2 is 1.13 bits per heavy atom. The second kappa shape index (κ2) is 24.4. The number of carbonyl (C=O) groups excluding carboxylic acids is 7. The van der Waals surface area contributed by atoms with Gasteiger partial charge in [0, 0.05) is 55.1 Å². The van der Waals surface area contributed by atoms with Gasteiger partial charge >= 0.3 is 5.97 Å². The van der Waals surface area contributed by atoms with Crippen molar-refractivity contribution in [3.63, 3.8) is 0 Å². The Hall–Kier alpha value is -6.68. The molecule has 61 heavy (non-hydrogen) atoms. The van der Waals surface area contributed by atoms with Gasteiger partial charge in [-0.05, 0) is 42.9 Å². The molecule has 6 atom stereocenters. The van der Waals surface area contributed by atoms with Crippen LogP contribution in [0.2, 0.25) is 0 Å².